The second-order valence-electron chi connectivity index (χ2n) is 13.5. The average molecular weight is 686 g/mol. The van der Waals surface area contributed by atoms with Crippen LogP contribution >= 0.6 is 0 Å². The molecule has 1 fully saturated rings. The molecule has 0 aromatic carbocycles. The van der Waals surface area contributed by atoms with Crippen LogP contribution in [0.1, 0.15) is 149 Å². The van der Waals surface area contributed by atoms with E-state index in [1.54, 1.807) is 6.08 Å². The first-order valence-electron chi connectivity index (χ1n) is 19.2. The Labute approximate surface area is 291 Å². The quantitative estimate of drug-likeness (QED) is 0.0389. The fraction of sp³-hybridized carbons (Fsp3) is 0.868. The van der Waals surface area contributed by atoms with Crippen LogP contribution in [0.3, 0.4) is 0 Å². The third-order valence-electron chi connectivity index (χ3n) is 9.14. The summed E-state index contributed by atoms with van der Waals surface area (Å²) in [6.07, 6.45) is 21.3. The minimum Gasteiger partial charge on any atom is -0.394 e. The van der Waals surface area contributed by atoms with E-state index in [4.69, 9.17) is 9.47 Å². The fourth-order valence-electron chi connectivity index (χ4n) is 5.88. The highest BCUT2D eigenvalue weighted by atomic mass is 16.7. The Hall–Kier alpha value is -1.37. The lowest BCUT2D eigenvalue weighted by Gasteiger charge is -2.40. The molecule has 0 bridgehead atoms. The van der Waals surface area contributed by atoms with Crippen molar-refractivity contribution in [1.29, 1.82) is 0 Å². The molecule has 1 rings (SSSR count). The van der Waals surface area contributed by atoms with Gasteiger partial charge in [0.25, 0.3) is 0 Å². The third-order valence-corrected chi connectivity index (χ3v) is 9.14. The molecule has 8 unspecified atom stereocenters. The van der Waals surface area contributed by atoms with E-state index in [9.17, 15) is 35.4 Å². The predicted octanol–water partition coefficient (Wildman–Crippen LogP) is 5.35. The third kappa shape index (κ3) is 20.3. The van der Waals surface area contributed by atoms with Crippen molar-refractivity contribution in [3.8, 4) is 0 Å². The molecule has 10 nitrogen and oxygen atoms in total. The number of aliphatic hydroxyl groups excluding tert-OH is 6. The minimum absolute atomic E-state index is 0.306. The van der Waals surface area contributed by atoms with Gasteiger partial charge >= 0.3 is 0 Å². The number of rotatable bonds is 30. The molecule has 0 saturated carbocycles. The van der Waals surface area contributed by atoms with Gasteiger partial charge in [0.15, 0.2) is 6.29 Å². The predicted molar refractivity (Wildman–Crippen MR) is 190 cm³/mol. The lowest BCUT2D eigenvalue weighted by Crippen LogP contribution is -2.60. The van der Waals surface area contributed by atoms with Gasteiger partial charge in [-0.05, 0) is 32.1 Å². The topological polar surface area (TPSA) is 169 Å². The zero-order valence-corrected chi connectivity index (χ0v) is 30.1. The number of hydrogen-bond donors (Lipinski definition) is 7. The normalized spacial score (nSPS) is 23.5. The maximum Gasteiger partial charge on any atom is 0.249 e. The number of carbonyl (C=O) groups is 1. The smallest absolute Gasteiger partial charge is 0.249 e. The van der Waals surface area contributed by atoms with Gasteiger partial charge in [0.05, 0.1) is 25.4 Å². The monoisotopic (exact) mass is 686 g/mol. The zero-order valence-electron chi connectivity index (χ0n) is 30.1. The Morgan fingerprint density at radius 3 is 1.81 bits per heavy atom. The van der Waals surface area contributed by atoms with Gasteiger partial charge in [-0.25, -0.2) is 0 Å². The standard InChI is InChI=1S/C38H71NO9/c1-3-5-7-9-11-13-15-17-18-20-22-24-26-31(41)30(29-47-38-36(45)35(44)34(43)33(28-40)48-38)39-37(46)32(42)27-25-23-21-19-16-14-12-10-8-6-4-2/h17-18,24,26,30-36,38,40-45H,3-16,19-23,25,27-29H2,1-2H3,(H,39,46)/b18-17+,26-24+. The van der Waals surface area contributed by atoms with Crippen molar-refractivity contribution in [3.05, 3.63) is 24.3 Å². The zero-order chi connectivity index (χ0) is 35.4. The highest BCUT2D eigenvalue weighted by Gasteiger charge is 2.44. The fourth-order valence-corrected chi connectivity index (χ4v) is 5.88. The first-order valence-corrected chi connectivity index (χ1v) is 19.2. The molecule has 48 heavy (non-hydrogen) atoms. The molecule has 7 N–H and O–H groups in total. The van der Waals surface area contributed by atoms with Crippen molar-refractivity contribution in [2.24, 2.45) is 0 Å². The van der Waals surface area contributed by atoms with Crippen molar-refractivity contribution >= 4 is 5.91 Å². The van der Waals surface area contributed by atoms with E-state index in [1.807, 2.05) is 6.08 Å². The van der Waals surface area contributed by atoms with Crippen molar-refractivity contribution in [3.63, 3.8) is 0 Å². The van der Waals surface area contributed by atoms with E-state index < -0.39 is 61.5 Å². The van der Waals surface area contributed by atoms with Gasteiger partial charge in [0.2, 0.25) is 5.91 Å². The van der Waals surface area contributed by atoms with E-state index in [-0.39, 0.29) is 6.61 Å². The van der Waals surface area contributed by atoms with Crippen molar-refractivity contribution in [1.82, 2.24) is 5.32 Å². The van der Waals surface area contributed by atoms with Gasteiger partial charge in [-0.3, -0.25) is 4.79 Å². The molecule has 0 spiro atoms. The summed E-state index contributed by atoms with van der Waals surface area (Å²) >= 11 is 0. The van der Waals surface area contributed by atoms with Crippen LogP contribution in [0.25, 0.3) is 0 Å². The molecule has 282 valence electrons. The van der Waals surface area contributed by atoms with Crippen LogP contribution in [0.2, 0.25) is 0 Å². The molecule has 0 aromatic rings. The molecule has 1 aliphatic rings. The maximum absolute atomic E-state index is 12.9. The van der Waals surface area contributed by atoms with Gasteiger partial charge in [-0.1, -0.05) is 141 Å². The molecule has 0 radical (unpaired) electrons. The SMILES string of the molecule is CCCCCCCC/C=C/CC/C=C/C(O)C(COC1OC(CO)C(O)C(O)C1O)NC(=O)C(O)CCCCCCCCCCCCC. The summed E-state index contributed by atoms with van der Waals surface area (Å²) < 4.78 is 11.1. The van der Waals surface area contributed by atoms with Crippen LogP contribution in [-0.4, -0.2) is 98.7 Å². The van der Waals surface area contributed by atoms with E-state index in [2.05, 4.69) is 31.3 Å². The summed E-state index contributed by atoms with van der Waals surface area (Å²) in [5.41, 5.74) is 0. The second-order valence-corrected chi connectivity index (χ2v) is 13.5. The Balaban J connectivity index is 2.57. The molecule has 0 aromatic heterocycles. The van der Waals surface area contributed by atoms with Gasteiger partial charge in [-0.15, -0.1) is 0 Å². The lowest BCUT2D eigenvalue weighted by molar-refractivity contribution is -0.302. The number of hydrogen-bond acceptors (Lipinski definition) is 9. The summed E-state index contributed by atoms with van der Waals surface area (Å²) in [7, 11) is 0. The van der Waals surface area contributed by atoms with Crippen molar-refractivity contribution in [2.45, 2.75) is 198 Å². The lowest BCUT2D eigenvalue weighted by atomic mass is 9.99. The molecule has 1 aliphatic heterocycles. The van der Waals surface area contributed by atoms with Crippen LogP contribution in [0.4, 0.5) is 0 Å². The first kappa shape index (κ1) is 44.7. The van der Waals surface area contributed by atoms with Crippen LogP contribution in [-0.2, 0) is 14.3 Å². The van der Waals surface area contributed by atoms with Crippen LogP contribution in [0.15, 0.2) is 24.3 Å². The summed E-state index contributed by atoms with van der Waals surface area (Å²) in [5, 5.41) is 64.2. The average Bonchev–Trinajstić information content (AvgIpc) is 3.08. The molecule has 1 heterocycles. The van der Waals surface area contributed by atoms with Gasteiger partial charge < -0.3 is 45.4 Å². The van der Waals surface area contributed by atoms with Gasteiger partial charge in [-0.2, -0.15) is 0 Å². The first-order chi connectivity index (χ1) is 23.3. The summed E-state index contributed by atoms with van der Waals surface area (Å²) in [6.45, 7) is 3.52. The Bertz CT molecular complexity index is 824. The second kappa shape index (κ2) is 29.4. The summed E-state index contributed by atoms with van der Waals surface area (Å²) in [4.78, 5) is 12.9. The van der Waals surface area contributed by atoms with Gasteiger partial charge in [0.1, 0.15) is 30.5 Å². The maximum atomic E-state index is 12.9. The van der Waals surface area contributed by atoms with Crippen LogP contribution < -0.4 is 5.32 Å². The molecule has 8 atom stereocenters. The summed E-state index contributed by atoms with van der Waals surface area (Å²) in [6, 6.07) is -0.989. The largest absolute Gasteiger partial charge is 0.394 e. The highest BCUT2D eigenvalue weighted by molar-refractivity contribution is 5.80. The highest BCUT2D eigenvalue weighted by Crippen LogP contribution is 2.22. The molecule has 1 saturated heterocycles. The number of unbranched alkanes of at least 4 members (excludes halogenated alkanes) is 17. The number of ether oxygens (including phenoxy) is 2. The molecule has 1 amide bonds. The Morgan fingerprint density at radius 1 is 0.708 bits per heavy atom. The van der Waals surface area contributed by atoms with E-state index in [0.717, 1.165) is 32.1 Å². The Morgan fingerprint density at radius 2 is 1.23 bits per heavy atom. The minimum atomic E-state index is -1.61. The number of allylic oxidation sites excluding steroid dienone is 3. The van der Waals surface area contributed by atoms with Crippen LogP contribution in [0.5, 0.6) is 0 Å². The van der Waals surface area contributed by atoms with E-state index in [0.29, 0.717) is 19.3 Å². The number of amides is 1. The molecular formula is C38H71NO9. The van der Waals surface area contributed by atoms with Crippen LogP contribution in [0, 0.1) is 0 Å². The molecular weight excluding hydrogens is 614 g/mol. The number of nitrogens with one attached hydrogen (secondary N) is 1. The van der Waals surface area contributed by atoms with Crippen molar-refractivity contribution in [2.75, 3.05) is 13.2 Å². The Kier molecular flexibility index (Phi) is 27.3. The number of carbonyl (C=O) groups excluding carboxylic acids is 1. The molecule has 10 heteroatoms. The summed E-state index contributed by atoms with van der Waals surface area (Å²) in [5.74, 6) is -0.630. The van der Waals surface area contributed by atoms with Crippen molar-refractivity contribution < 1.29 is 44.9 Å². The van der Waals surface area contributed by atoms with E-state index >= 15 is 0 Å². The molecule has 0 aliphatic carbocycles. The number of aliphatic hydroxyl groups is 6. The van der Waals surface area contributed by atoms with Gasteiger partial charge in [0, 0.05) is 0 Å². The van der Waals surface area contributed by atoms with E-state index in [1.165, 1.54) is 83.5 Å².